The van der Waals surface area contributed by atoms with Gasteiger partial charge in [0.25, 0.3) is 0 Å². The third-order valence-corrected chi connectivity index (χ3v) is 4.23. The summed E-state index contributed by atoms with van der Waals surface area (Å²) in [5.74, 6) is 1.04. The number of hydrogen-bond donors (Lipinski definition) is 1. The first kappa shape index (κ1) is 12.3. The maximum Gasteiger partial charge on any atom is 0.123 e. The molecule has 0 bridgehead atoms. The van der Waals surface area contributed by atoms with E-state index in [1.165, 1.54) is 37.7 Å². The largest absolute Gasteiger partial charge is 0.490 e. The third-order valence-electron chi connectivity index (χ3n) is 4.00. The Morgan fingerprint density at radius 1 is 1.22 bits per heavy atom. The molecule has 0 spiro atoms. The van der Waals surface area contributed by atoms with Crippen molar-refractivity contribution in [2.75, 3.05) is 6.54 Å². The van der Waals surface area contributed by atoms with Gasteiger partial charge in [-0.2, -0.15) is 0 Å². The van der Waals surface area contributed by atoms with Crippen LogP contribution in [-0.4, -0.2) is 18.7 Å². The van der Waals surface area contributed by atoms with Crippen LogP contribution >= 0.6 is 11.6 Å². The van der Waals surface area contributed by atoms with E-state index in [9.17, 15) is 0 Å². The first-order valence-corrected chi connectivity index (χ1v) is 7.37. The first-order valence-electron chi connectivity index (χ1n) is 7.00. The molecule has 2 aliphatic rings. The van der Waals surface area contributed by atoms with Crippen LogP contribution in [0.4, 0.5) is 0 Å². The Balaban J connectivity index is 1.73. The van der Waals surface area contributed by atoms with Crippen LogP contribution in [0.15, 0.2) is 18.2 Å². The second-order valence-electron chi connectivity index (χ2n) is 5.42. The number of rotatable bonds is 4. The van der Waals surface area contributed by atoms with Gasteiger partial charge in [-0.1, -0.05) is 11.6 Å². The summed E-state index contributed by atoms with van der Waals surface area (Å²) in [6.07, 6.45) is 7.70. The fraction of sp³-hybridized carbons (Fsp3) is 0.600. The Morgan fingerprint density at radius 3 is 2.78 bits per heavy atom. The molecule has 1 aromatic rings. The summed E-state index contributed by atoms with van der Waals surface area (Å²) < 4.78 is 6.06. The average molecular weight is 266 g/mol. The molecule has 0 amide bonds. The molecule has 1 atom stereocenters. The first-order chi connectivity index (χ1) is 8.81. The van der Waals surface area contributed by atoms with Crippen molar-refractivity contribution in [3.8, 4) is 5.75 Å². The van der Waals surface area contributed by atoms with E-state index in [-0.39, 0.29) is 0 Å². The molecule has 1 saturated carbocycles. The highest BCUT2D eigenvalue weighted by atomic mass is 35.5. The summed E-state index contributed by atoms with van der Waals surface area (Å²) in [5.41, 5.74) is 1.26. The van der Waals surface area contributed by atoms with E-state index in [1.54, 1.807) is 0 Å². The second kappa shape index (κ2) is 5.50. The Hall–Kier alpha value is -0.730. The molecular formula is C15H20ClNO. The zero-order valence-corrected chi connectivity index (χ0v) is 11.4. The van der Waals surface area contributed by atoms with Gasteiger partial charge in [-0.3, -0.25) is 0 Å². The molecule has 1 aliphatic carbocycles. The van der Waals surface area contributed by atoms with E-state index in [1.807, 2.05) is 12.1 Å². The van der Waals surface area contributed by atoms with Crippen molar-refractivity contribution in [3.05, 3.63) is 28.8 Å². The van der Waals surface area contributed by atoms with Crippen LogP contribution < -0.4 is 10.1 Å². The summed E-state index contributed by atoms with van der Waals surface area (Å²) >= 11 is 6.11. The minimum Gasteiger partial charge on any atom is -0.490 e. The lowest BCUT2D eigenvalue weighted by molar-refractivity contribution is 0.119. The van der Waals surface area contributed by atoms with Gasteiger partial charge >= 0.3 is 0 Å². The van der Waals surface area contributed by atoms with Crippen molar-refractivity contribution in [3.63, 3.8) is 0 Å². The van der Waals surface area contributed by atoms with E-state index >= 15 is 0 Å². The van der Waals surface area contributed by atoms with E-state index in [4.69, 9.17) is 16.3 Å². The predicted octanol–water partition coefficient (Wildman–Crippen LogP) is 3.57. The van der Waals surface area contributed by atoms with Gasteiger partial charge in [0.05, 0.1) is 6.10 Å². The van der Waals surface area contributed by atoms with Gasteiger partial charge in [-0.25, -0.2) is 0 Å². The Bertz CT molecular complexity index is 411. The highest BCUT2D eigenvalue weighted by Gasteiger charge is 2.22. The van der Waals surface area contributed by atoms with Gasteiger partial charge in [-0.15, -0.1) is 0 Å². The molecule has 0 radical (unpaired) electrons. The molecule has 1 N–H and O–H groups in total. The minimum atomic E-state index is 0.432. The summed E-state index contributed by atoms with van der Waals surface area (Å²) in [7, 11) is 0. The van der Waals surface area contributed by atoms with Gasteiger partial charge < -0.3 is 10.1 Å². The fourth-order valence-corrected chi connectivity index (χ4v) is 2.88. The van der Waals surface area contributed by atoms with Crippen molar-refractivity contribution in [2.24, 2.45) is 0 Å². The molecule has 1 aliphatic heterocycles. The molecule has 3 heteroatoms. The Morgan fingerprint density at radius 2 is 2.11 bits per heavy atom. The van der Waals surface area contributed by atoms with E-state index < -0.39 is 0 Å². The maximum absolute atomic E-state index is 6.11. The lowest BCUT2D eigenvalue weighted by Gasteiger charge is -2.28. The molecule has 1 unspecified atom stereocenters. The van der Waals surface area contributed by atoms with Crippen LogP contribution in [0.25, 0.3) is 0 Å². The highest BCUT2D eigenvalue weighted by Crippen LogP contribution is 2.30. The van der Waals surface area contributed by atoms with Crippen LogP contribution in [0.1, 0.15) is 37.7 Å². The molecule has 1 aromatic carbocycles. The number of nitrogens with one attached hydrogen (secondary N) is 1. The Kier molecular flexibility index (Phi) is 3.76. The second-order valence-corrected chi connectivity index (χ2v) is 5.86. The van der Waals surface area contributed by atoms with Gasteiger partial charge in [0.1, 0.15) is 5.75 Å². The van der Waals surface area contributed by atoms with Crippen LogP contribution in [-0.2, 0) is 6.42 Å². The summed E-state index contributed by atoms with van der Waals surface area (Å²) in [6.45, 7) is 1.14. The van der Waals surface area contributed by atoms with Gasteiger partial charge in [0.15, 0.2) is 0 Å². The average Bonchev–Trinajstić information content (AvgIpc) is 2.78. The monoisotopic (exact) mass is 265 g/mol. The zero-order valence-electron chi connectivity index (χ0n) is 10.6. The molecule has 98 valence electrons. The molecule has 0 aromatic heterocycles. The minimum absolute atomic E-state index is 0.432. The number of halogens is 1. The van der Waals surface area contributed by atoms with E-state index in [0.717, 1.165) is 23.7 Å². The van der Waals surface area contributed by atoms with Crippen LogP contribution in [0.2, 0.25) is 5.02 Å². The van der Waals surface area contributed by atoms with Crippen molar-refractivity contribution >= 4 is 11.6 Å². The molecular weight excluding hydrogens is 246 g/mol. The topological polar surface area (TPSA) is 21.3 Å². The van der Waals surface area contributed by atoms with Crippen molar-refractivity contribution in [2.45, 2.75) is 50.7 Å². The fourth-order valence-electron chi connectivity index (χ4n) is 2.69. The van der Waals surface area contributed by atoms with Crippen molar-refractivity contribution in [1.82, 2.24) is 5.32 Å². The van der Waals surface area contributed by atoms with Gasteiger partial charge in [0, 0.05) is 11.1 Å². The summed E-state index contributed by atoms with van der Waals surface area (Å²) in [5, 5.41) is 4.34. The van der Waals surface area contributed by atoms with Crippen molar-refractivity contribution in [1.29, 1.82) is 0 Å². The van der Waals surface area contributed by atoms with Gasteiger partial charge in [0.2, 0.25) is 0 Å². The lowest BCUT2D eigenvalue weighted by atomic mass is 9.96. The van der Waals surface area contributed by atoms with Crippen LogP contribution in [0.3, 0.4) is 0 Å². The van der Waals surface area contributed by atoms with Crippen molar-refractivity contribution < 1.29 is 4.74 Å². The van der Waals surface area contributed by atoms with Crippen LogP contribution in [0, 0.1) is 0 Å². The number of ether oxygens (including phenoxy) is 1. The molecule has 1 saturated heterocycles. The molecule has 1 heterocycles. The summed E-state index contributed by atoms with van der Waals surface area (Å²) in [4.78, 5) is 0. The summed E-state index contributed by atoms with van der Waals surface area (Å²) in [6, 6.07) is 6.62. The highest BCUT2D eigenvalue weighted by molar-refractivity contribution is 6.30. The zero-order chi connectivity index (χ0) is 12.4. The normalized spacial score (nSPS) is 23.9. The SMILES string of the molecule is Clc1ccc(OC2CCC2)c(CC2CCCN2)c1. The smallest absolute Gasteiger partial charge is 0.123 e. The standard InChI is InChI=1S/C15H20ClNO/c16-12-6-7-15(18-14-4-1-5-14)11(9-12)10-13-3-2-8-17-13/h6-7,9,13-14,17H,1-5,8,10H2. The molecule has 2 nitrogen and oxygen atoms in total. The number of hydrogen-bond acceptors (Lipinski definition) is 2. The number of benzene rings is 1. The third kappa shape index (κ3) is 2.81. The van der Waals surface area contributed by atoms with Gasteiger partial charge in [-0.05, 0) is 68.8 Å². The quantitative estimate of drug-likeness (QED) is 0.899. The molecule has 2 fully saturated rings. The lowest BCUT2D eigenvalue weighted by Crippen LogP contribution is -2.27. The Labute approximate surface area is 114 Å². The molecule has 3 rings (SSSR count). The molecule has 18 heavy (non-hydrogen) atoms. The van der Waals surface area contributed by atoms with E-state index in [0.29, 0.717) is 12.1 Å². The van der Waals surface area contributed by atoms with Crippen LogP contribution in [0.5, 0.6) is 5.75 Å². The maximum atomic E-state index is 6.11. The van der Waals surface area contributed by atoms with E-state index in [2.05, 4.69) is 11.4 Å². The predicted molar refractivity (Wildman–Crippen MR) is 74.4 cm³/mol.